The number of aryl methyl sites for hydroxylation is 4. The van der Waals surface area contributed by atoms with E-state index < -0.39 is 0 Å². The summed E-state index contributed by atoms with van der Waals surface area (Å²) >= 11 is 0. The van der Waals surface area contributed by atoms with Crippen LogP contribution in [-0.4, -0.2) is 0 Å². The van der Waals surface area contributed by atoms with Crippen molar-refractivity contribution in [2.24, 2.45) is 7.05 Å². The maximum absolute atomic E-state index is 2.46. The van der Waals surface area contributed by atoms with Crippen molar-refractivity contribution >= 4 is 10.8 Å². The first kappa shape index (κ1) is 20.9. The summed E-state index contributed by atoms with van der Waals surface area (Å²) < 4.78 is 2.27. The Balaban J connectivity index is 1.88. The van der Waals surface area contributed by atoms with Gasteiger partial charge >= 0.3 is 0 Å². The van der Waals surface area contributed by atoms with Gasteiger partial charge in [0.1, 0.15) is 7.05 Å². The molecule has 5 rings (SSSR count). The summed E-state index contributed by atoms with van der Waals surface area (Å²) in [7, 11) is 2.16. The number of benzene rings is 3. The summed E-state index contributed by atoms with van der Waals surface area (Å²) in [6, 6.07) is 20.8. The van der Waals surface area contributed by atoms with Crippen LogP contribution in [0.4, 0.5) is 0 Å². The van der Waals surface area contributed by atoms with Crippen LogP contribution in [0.25, 0.3) is 33.2 Å². The number of fused-ring (bicyclic) bond motifs is 5. The fraction of sp³-hybridized carbons (Fsp3) is 0.323. The monoisotopic (exact) mass is 420 g/mol. The van der Waals surface area contributed by atoms with Crippen LogP contribution in [0.1, 0.15) is 55.5 Å². The van der Waals surface area contributed by atoms with Crippen LogP contribution in [0.15, 0.2) is 60.8 Å². The van der Waals surface area contributed by atoms with Crippen LogP contribution in [0, 0.1) is 20.8 Å². The molecule has 1 aliphatic rings. The molecule has 1 nitrogen and oxygen atoms in total. The van der Waals surface area contributed by atoms with E-state index in [-0.39, 0.29) is 10.8 Å². The maximum Gasteiger partial charge on any atom is 0.212 e. The standard InChI is InChI=1S/C31H34N/c1-19-16-28(32(8)18-21(19)3)25-17-26-24-14-13-22-11-9-10-12-23(22)29(24)31(6,7)30(4,5)27(26)15-20(25)2/h9-18H,1-8H3/q+1. The lowest BCUT2D eigenvalue weighted by atomic mass is 9.54. The summed E-state index contributed by atoms with van der Waals surface area (Å²) in [4.78, 5) is 0. The lowest BCUT2D eigenvalue weighted by Crippen LogP contribution is -2.43. The van der Waals surface area contributed by atoms with Gasteiger partial charge < -0.3 is 0 Å². The van der Waals surface area contributed by atoms with Crippen LogP contribution in [0.3, 0.4) is 0 Å². The van der Waals surface area contributed by atoms with Gasteiger partial charge in [0.25, 0.3) is 0 Å². The summed E-state index contributed by atoms with van der Waals surface area (Å²) in [6.07, 6.45) is 2.25. The van der Waals surface area contributed by atoms with Crippen LogP contribution in [-0.2, 0) is 17.9 Å². The van der Waals surface area contributed by atoms with Crippen LogP contribution < -0.4 is 4.57 Å². The first-order valence-corrected chi connectivity index (χ1v) is 11.7. The zero-order valence-corrected chi connectivity index (χ0v) is 20.7. The molecule has 0 unspecified atom stereocenters. The Morgan fingerprint density at radius 1 is 0.656 bits per heavy atom. The molecular weight excluding hydrogens is 386 g/mol. The van der Waals surface area contributed by atoms with Gasteiger partial charge in [0.15, 0.2) is 6.20 Å². The fourth-order valence-corrected chi connectivity index (χ4v) is 5.69. The van der Waals surface area contributed by atoms with E-state index in [2.05, 4.69) is 121 Å². The average Bonchev–Trinajstić information content (AvgIpc) is 2.74. The van der Waals surface area contributed by atoms with Gasteiger partial charge in [-0.05, 0) is 76.4 Å². The smallest absolute Gasteiger partial charge is 0.201 e. The molecular formula is C31H34N+. The van der Waals surface area contributed by atoms with Crippen LogP contribution in [0.2, 0.25) is 0 Å². The number of hydrogen-bond acceptors (Lipinski definition) is 0. The van der Waals surface area contributed by atoms with Crippen LogP contribution in [0.5, 0.6) is 0 Å². The molecule has 1 aromatic heterocycles. The molecule has 0 N–H and O–H groups in total. The van der Waals surface area contributed by atoms with Crippen molar-refractivity contribution in [3.63, 3.8) is 0 Å². The van der Waals surface area contributed by atoms with Gasteiger partial charge in [-0.2, -0.15) is 0 Å². The van der Waals surface area contributed by atoms with Crippen molar-refractivity contribution < 1.29 is 4.57 Å². The topological polar surface area (TPSA) is 3.88 Å². The van der Waals surface area contributed by atoms with E-state index in [1.54, 1.807) is 0 Å². The third kappa shape index (κ3) is 2.73. The molecule has 1 heterocycles. The molecule has 0 fully saturated rings. The quantitative estimate of drug-likeness (QED) is 0.281. The number of aromatic nitrogens is 1. The molecule has 1 heteroatoms. The molecule has 0 spiro atoms. The lowest BCUT2D eigenvalue weighted by molar-refractivity contribution is -0.660. The van der Waals surface area contributed by atoms with Gasteiger partial charge in [0.05, 0.1) is 0 Å². The molecule has 0 saturated carbocycles. The van der Waals surface area contributed by atoms with Gasteiger partial charge in [-0.1, -0.05) is 70.2 Å². The second-order valence-corrected chi connectivity index (χ2v) is 10.8. The lowest BCUT2D eigenvalue weighted by Gasteiger charge is -2.49. The van der Waals surface area contributed by atoms with Gasteiger partial charge in [0.2, 0.25) is 5.69 Å². The van der Waals surface area contributed by atoms with Crippen molar-refractivity contribution in [2.45, 2.75) is 59.3 Å². The van der Waals surface area contributed by atoms with E-state index in [1.807, 2.05) is 0 Å². The van der Waals surface area contributed by atoms with E-state index in [1.165, 1.54) is 61.0 Å². The number of pyridine rings is 1. The first-order chi connectivity index (χ1) is 15.0. The first-order valence-electron chi connectivity index (χ1n) is 11.7. The van der Waals surface area contributed by atoms with Crippen molar-refractivity contribution in [3.8, 4) is 22.4 Å². The third-order valence-corrected chi connectivity index (χ3v) is 8.46. The molecule has 0 aliphatic heterocycles. The summed E-state index contributed by atoms with van der Waals surface area (Å²) in [5, 5.41) is 2.71. The van der Waals surface area contributed by atoms with E-state index in [0.29, 0.717) is 0 Å². The summed E-state index contributed by atoms with van der Waals surface area (Å²) in [5.41, 5.74) is 12.3. The van der Waals surface area contributed by atoms with Crippen molar-refractivity contribution in [1.82, 2.24) is 0 Å². The van der Waals surface area contributed by atoms with Crippen molar-refractivity contribution in [2.75, 3.05) is 0 Å². The molecule has 1 aliphatic carbocycles. The Labute approximate surface area is 192 Å². The highest BCUT2D eigenvalue weighted by Crippen LogP contribution is 2.56. The summed E-state index contributed by atoms with van der Waals surface area (Å²) in [6.45, 7) is 16.4. The molecule has 3 aromatic carbocycles. The van der Waals surface area contributed by atoms with Gasteiger partial charge in [0, 0.05) is 22.6 Å². The molecule has 0 bridgehead atoms. The zero-order valence-electron chi connectivity index (χ0n) is 20.7. The SMILES string of the molecule is Cc1cc(-c2cc3c(cc2C)C(C)(C)C(C)(C)c2c-3ccc3ccccc23)[n+](C)cc1C. The Bertz CT molecular complexity index is 1400. The Hall–Kier alpha value is -2.93. The predicted molar refractivity (Wildman–Crippen MR) is 136 cm³/mol. The van der Waals surface area contributed by atoms with E-state index in [9.17, 15) is 0 Å². The van der Waals surface area contributed by atoms with Crippen LogP contribution >= 0.6 is 0 Å². The molecule has 32 heavy (non-hydrogen) atoms. The summed E-state index contributed by atoms with van der Waals surface area (Å²) in [5.74, 6) is 0. The predicted octanol–water partition coefficient (Wildman–Crippen LogP) is 7.49. The third-order valence-electron chi connectivity index (χ3n) is 8.46. The zero-order chi connectivity index (χ0) is 23.0. The average molecular weight is 421 g/mol. The molecule has 162 valence electrons. The largest absolute Gasteiger partial charge is 0.212 e. The number of nitrogens with zero attached hydrogens (tertiary/aromatic N) is 1. The molecule has 0 radical (unpaired) electrons. The Kier molecular flexibility index (Phi) is 4.44. The second kappa shape index (κ2) is 6.78. The molecule has 0 saturated heterocycles. The van der Waals surface area contributed by atoms with E-state index in [0.717, 1.165) is 0 Å². The van der Waals surface area contributed by atoms with Gasteiger partial charge in [-0.25, -0.2) is 4.57 Å². The molecule has 0 amide bonds. The normalized spacial score (nSPS) is 16.0. The van der Waals surface area contributed by atoms with Gasteiger partial charge in [-0.3, -0.25) is 0 Å². The van der Waals surface area contributed by atoms with E-state index in [4.69, 9.17) is 0 Å². The minimum atomic E-state index is 0.00806. The Morgan fingerprint density at radius 2 is 1.38 bits per heavy atom. The minimum absolute atomic E-state index is 0.00806. The minimum Gasteiger partial charge on any atom is -0.201 e. The highest BCUT2D eigenvalue weighted by Gasteiger charge is 2.47. The van der Waals surface area contributed by atoms with Gasteiger partial charge in [-0.15, -0.1) is 0 Å². The van der Waals surface area contributed by atoms with Crippen molar-refractivity contribution in [3.05, 3.63) is 88.6 Å². The van der Waals surface area contributed by atoms with E-state index >= 15 is 0 Å². The highest BCUT2D eigenvalue weighted by atomic mass is 14.9. The molecule has 4 aromatic rings. The Morgan fingerprint density at radius 3 is 2.12 bits per heavy atom. The number of rotatable bonds is 1. The number of hydrogen-bond donors (Lipinski definition) is 0. The maximum atomic E-state index is 2.46. The highest BCUT2D eigenvalue weighted by molar-refractivity contribution is 5.96. The molecule has 0 atom stereocenters. The van der Waals surface area contributed by atoms with Crippen molar-refractivity contribution in [1.29, 1.82) is 0 Å². The fourth-order valence-electron chi connectivity index (χ4n) is 5.69. The second-order valence-electron chi connectivity index (χ2n) is 10.8.